The molecule has 0 aliphatic carbocycles. The Balaban J connectivity index is 2.03. The van der Waals surface area contributed by atoms with Crippen molar-refractivity contribution < 1.29 is 67.2 Å². The van der Waals surface area contributed by atoms with Crippen LogP contribution in [0.2, 0.25) is 0 Å². The van der Waals surface area contributed by atoms with Crippen LogP contribution >= 0.6 is 0 Å². The number of aliphatic hydroxyl groups excluding tert-OH is 2. The quantitative estimate of drug-likeness (QED) is 0.147. The number of carbonyl (C=O) groups is 3. The number of cyclic esters (lactones) is 1. The average Bonchev–Trinajstić information content (AvgIpc) is 3.15. The van der Waals surface area contributed by atoms with E-state index in [0.717, 1.165) is 6.29 Å². The molecular formula is C42H69NO14. The van der Waals surface area contributed by atoms with E-state index in [1.807, 2.05) is 31.7 Å². The van der Waals surface area contributed by atoms with Crippen LogP contribution in [0.25, 0.3) is 0 Å². The summed E-state index contributed by atoms with van der Waals surface area (Å²) >= 11 is 0. The molecule has 0 unspecified atom stereocenters. The fourth-order valence-corrected chi connectivity index (χ4v) is 8.04. The van der Waals surface area contributed by atoms with E-state index in [9.17, 15) is 24.6 Å². The maximum Gasteiger partial charge on any atom is 0.309 e. The normalized spacial score (nSPS) is 41.1. The molecule has 326 valence electrons. The lowest BCUT2D eigenvalue weighted by Crippen LogP contribution is -2.66. The lowest BCUT2D eigenvalue weighted by atomic mass is 9.82. The number of methoxy groups -OCH3 is 2. The summed E-state index contributed by atoms with van der Waals surface area (Å²) < 4.78 is 55.6. The highest BCUT2D eigenvalue weighted by atomic mass is 16.7. The molecule has 15 heteroatoms. The number of hydrogen-bond donors (Lipinski definition) is 2. The number of allylic oxidation sites excluding steroid dienone is 2. The zero-order valence-corrected chi connectivity index (χ0v) is 35.5. The lowest BCUT2D eigenvalue weighted by Gasteiger charge is -2.51. The van der Waals surface area contributed by atoms with Crippen LogP contribution in [0.4, 0.5) is 0 Å². The van der Waals surface area contributed by atoms with Crippen molar-refractivity contribution in [1.82, 2.24) is 4.90 Å². The first-order chi connectivity index (χ1) is 27.0. The van der Waals surface area contributed by atoms with Crippen LogP contribution in [-0.2, 0) is 57.0 Å². The summed E-state index contributed by atoms with van der Waals surface area (Å²) in [6, 6.07) is -0.693. The number of aldehydes is 1. The van der Waals surface area contributed by atoms with Crippen LogP contribution in [0.5, 0.6) is 0 Å². The molecule has 15 nitrogen and oxygen atoms in total. The summed E-state index contributed by atoms with van der Waals surface area (Å²) in [4.78, 5) is 40.3. The van der Waals surface area contributed by atoms with Gasteiger partial charge in [-0.15, -0.1) is 6.58 Å². The number of carbonyl (C=O) groups excluding carboxylic acids is 3. The molecule has 0 aromatic carbocycles. The minimum Gasteiger partial charge on any atom is -0.462 e. The second-order valence-corrected chi connectivity index (χ2v) is 15.9. The van der Waals surface area contributed by atoms with E-state index in [2.05, 4.69) is 6.58 Å². The van der Waals surface area contributed by atoms with Crippen molar-refractivity contribution in [2.75, 3.05) is 34.9 Å². The molecule has 16 atom stereocenters. The topological polar surface area (TPSA) is 178 Å². The fraction of sp³-hybridized carbons (Fsp3) is 0.786. The highest BCUT2D eigenvalue weighted by molar-refractivity contribution is 5.72. The van der Waals surface area contributed by atoms with Gasteiger partial charge >= 0.3 is 11.9 Å². The van der Waals surface area contributed by atoms with Gasteiger partial charge in [0.1, 0.15) is 42.9 Å². The van der Waals surface area contributed by atoms with Gasteiger partial charge in [0, 0.05) is 39.9 Å². The number of likely N-dealkylation sites (N-methyl/N-ethyl adjacent to an activating group) is 1. The third-order valence-electron chi connectivity index (χ3n) is 11.2. The monoisotopic (exact) mass is 811 g/mol. The maximum absolute atomic E-state index is 13.3. The average molecular weight is 812 g/mol. The number of rotatable bonds is 14. The smallest absolute Gasteiger partial charge is 0.309 e. The van der Waals surface area contributed by atoms with Crippen molar-refractivity contribution in [2.45, 2.75) is 165 Å². The van der Waals surface area contributed by atoms with Crippen molar-refractivity contribution in [3.63, 3.8) is 0 Å². The van der Waals surface area contributed by atoms with Gasteiger partial charge < -0.3 is 62.5 Å². The van der Waals surface area contributed by atoms with Crippen LogP contribution in [0.3, 0.4) is 0 Å². The molecule has 57 heavy (non-hydrogen) atoms. The van der Waals surface area contributed by atoms with Gasteiger partial charge in [-0.25, -0.2) is 0 Å². The van der Waals surface area contributed by atoms with Gasteiger partial charge in [0.2, 0.25) is 0 Å². The molecule has 0 aromatic heterocycles. The molecule has 0 radical (unpaired) electrons. The van der Waals surface area contributed by atoms with E-state index in [1.165, 1.54) is 7.11 Å². The Morgan fingerprint density at radius 1 is 1.05 bits per heavy atom. The highest BCUT2D eigenvalue weighted by Gasteiger charge is 2.53. The zero-order chi connectivity index (χ0) is 42.4. The lowest BCUT2D eigenvalue weighted by molar-refractivity contribution is -0.346. The summed E-state index contributed by atoms with van der Waals surface area (Å²) in [6.07, 6.45) is -0.417. The molecule has 0 saturated carbocycles. The van der Waals surface area contributed by atoms with Crippen LogP contribution in [0, 0.1) is 11.8 Å². The van der Waals surface area contributed by atoms with Gasteiger partial charge in [-0.05, 0) is 60.0 Å². The number of ether oxygens (including phenoxy) is 9. The van der Waals surface area contributed by atoms with Crippen molar-refractivity contribution in [3.8, 4) is 0 Å². The summed E-state index contributed by atoms with van der Waals surface area (Å²) in [5.41, 5.74) is -0.756. The van der Waals surface area contributed by atoms with Crippen molar-refractivity contribution >= 4 is 18.2 Å². The third kappa shape index (κ3) is 13.5. The number of nitrogens with zero attached hydrogens (tertiary/aromatic N) is 1. The first kappa shape index (κ1) is 48.8. The van der Waals surface area contributed by atoms with E-state index in [1.54, 1.807) is 66.3 Å². The summed E-state index contributed by atoms with van der Waals surface area (Å²) in [5.74, 6) is -2.25. The van der Waals surface area contributed by atoms with Crippen molar-refractivity contribution in [1.29, 1.82) is 0 Å². The Labute approximate surface area is 338 Å². The molecule has 3 heterocycles. The summed E-state index contributed by atoms with van der Waals surface area (Å²) in [6.45, 7) is 14.9. The molecular weight excluding hydrogens is 742 g/mol. The summed E-state index contributed by atoms with van der Waals surface area (Å²) in [5, 5.41) is 23.2. The van der Waals surface area contributed by atoms with Crippen molar-refractivity contribution in [2.24, 2.45) is 11.8 Å². The van der Waals surface area contributed by atoms with Gasteiger partial charge in [-0.2, -0.15) is 0 Å². The fourth-order valence-electron chi connectivity index (χ4n) is 8.04. The van der Waals surface area contributed by atoms with Crippen LogP contribution < -0.4 is 0 Å². The Morgan fingerprint density at radius 2 is 1.77 bits per heavy atom. The minimum atomic E-state index is -1.32. The van der Waals surface area contributed by atoms with Crippen LogP contribution in [0.15, 0.2) is 37.0 Å². The SMILES string of the molecule is C=CCO[C@@H]1[C@@H](C)O[C@H](O[C@@H]2[C@@H](N(C)C)[C@H](O)[C@@H](O[C@H]3[C@@H](CC=O)C[C@@H](C)[C@@H](O)/C=C/C=C/C[C@@H](C)OC(=O)C[C@@H](OC(=O)CC)[C@@H]3OC)O[C@H]2C)C[C@]1(C)OC. The zero-order valence-electron chi connectivity index (χ0n) is 35.5. The van der Waals surface area contributed by atoms with E-state index >= 15 is 0 Å². The second-order valence-electron chi connectivity index (χ2n) is 15.9. The molecule has 0 spiro atoms. The van der Waals surface area contributed by atoms with E-state index in [0.29, 0.717) is 19.4 Å². The largest absolute Gasteiger partial charge is 0.462 e. The molecule has 2 fully saturated rings. The molecule has 3 aliphatic heterocycles. The molecule has 2 saturated heterocycles. The Hall–Kier alpha value is -2.57. The predicted octanol–water partition coefficient (Wildman–Crippen LogP) is 3.67. The van der Waals surface area contributed by atoms with E-state index < -0.39 is 103 Å². The first-order valence-electron chi connectivity index (χ1n) is 20.1. The van der Waals surface area contributed by atoms with Gasteiger partial charge in [-0.1, -0.05) is 44.2 Å². The van der Waals surface area contributed by atoms with E-state index in [-0.39, 0.29) is 31.6 Å². The van der Waals surface area contributed by atoms with Gasteiger partial charge in [0.15, 0.2) is 12.6 Å². The molecule has 0 amide bonds. The number of esters is 2. The summed E-state index contributed by atoms with van der Waals surface area (Å²) in [7, 11) is 6.62. The number of aliphatic hydroxyl groups is 2. The molecule has 0 aromatic rings. The Bertz CT molecular complexity index is 1330. The van der Waals surface area contributed by atoms with Gasteiger partial charge in [-0.3, -0.25) is 9.59 Å². The first-order valence-corrected chi connectivity index (χ1v) is 20.1. The molecule has 0 bridgehead atoms. The second kappa shape index (κ2) is 23.3. The molecule has 3 rings (SSSR count). The van der Waals surface area contributed by atoms with Gasteiger partial charge in [0.05, 0.1) is 49.1 Å². The molecule has 2 N–H and O–H groups in total. The van der Waals surface area contributed by atoms with Crippen LogP contribution in [-0.4, -0.2) is 154 Å². The van der Waals surface area contributed by atoms with E-state index in [4.69, 9.17) is 42.6 Å². The predicted molar refractivity (Wildman–Crippen MR) is 210 cm³/mol. The Morgan fingerprint density at radius 3 is 2.39 bits per heavy atom. The standard InChI is InChI=1S/C42H69NO14/c1-12-21-51-40-28(6)53-34(24-42(40,7)50-11)56-37-27(5)54-41(36(48)35(37)43(8)9)57-38-29(19-20-44)22-25(3)30(45)18-16-14-15-17-26(4)52-33(47)23-31(39(38)49-10)55-32(46)13-2/h12,14-16,18,20,25-31,34-41,45,48H,1,13,17,19,21-24H2,2-11H3/b15-14+,18-16+/t25-,26-,27+,28-,29+,30+,31-,34-,35+,36+,37+,38+,39+,40-,41-,42+/m1/s1. The number of hydrogen-bond acceptors (Lipinski definition) is 15. The van der Waals surface area contributed by atoms with Crippen LogP contribution in [0.1, 0.15) is 80.1 Å². The Kier molecular flexibility index (Phi) is 19.9. The third-order valence-corrected chi connectivity index (χ3v) is 11.2. The van der Waals surface area contributed by atoms with Crippen molar-refractivity contribution in [3.05, 3.63) is 37.0 Å². The highest BCUT2D eigenvalue weighted by Crippen LogP contribution is 2.38. The van der Waals surface area contributed by atoms with Gasteiger partial charge in [0.25, 0.3) is 0 Å². The molecule has 3 aliphatic rings. The maximum atomic E-state index is 13.3. The minimum absolute atomic E-state index is 0.0193.